The highest BCUT2D eigenvalue weighted by Crippen LogP contribution is 2.59. The summed E-state index contributed by atoms with van der Waals surface area (Å²) in [5.41, 5.74) is -2.01. The van der Waals surface area contributed by atoms with Crippen molar-refractivity contribution < 1.29 is 19.1 Å². The van der Waals surface area contributed by atoms with E-state index in [0.29, 0.717) is 19.0 Å². The zero-order valence-corrected chi connectivity index (χ0v) is 21.7. The summed E-state index contributed by atoms with van der Waals surface area (Å²) in [4.78, 5) is 44.0. The van der Waals surface area contributed by atoms with Crippen LogP contribution in [-0.2, 0) is 25.7 Å². The molecule has 8 heteroatoms. The fourth-order valence-corrected chi connectivity index (χ4v) is 7.14. The molecule has 4 aliphatic rings. The van der Waals surface area contributed by atoms with Crippen LogP contribution in [0.15, 0.2) is 29.7 Å². The number of hydrogen-bond donors (Lipinski definition) is 2. The molecule has 4 heterocycles. The van der Waals surface area contributed by atoms with E-state index in [9.17, 15) is 14.4 Å². The van der Waals surface area contributed by atoms with E-state index in [2.05, 4.69) is 24.5 Å². The average molecular weight is 500 g/mol. The van der Waals surface area contributed by atoms with E-state index in [1.807, 2.05) is 36.6 Å². The lowest BCUT2D eigenvalue weighted by atomic mass is 9.70. The van der Waals surface area contributed by atoms with Crippen LogP contribution in [0.4, 0.5) is 0 Å². The van der Waals surface area contributed by atoms with Gasteiger partial charge in [0.25, 0.3) is 0 Å². The molecular weight excluding hydrogens is 462 g/mol. The van der Waals surface area contributed by atoms with Crippen molar-refractivity contribution >= 4 is 29.1 Å². The smallest absolute Gasteiger partial charge is 0.246 e. The van der Waals surface area contributed by atoms with Crippen LogP contribution in [0.25, 0.3) is 0 Å². The summed E-state index contributed by atoms with van der Waals surface area (Å²) in [5, 5.41) is 8.25. The van der Waals surface area contributed by atoms with Crippen molar-refractivity contribution in [2.45, 2.75) is 89.1 Å². The van der Waals surface area contributed by atoms with Gasteiger partial charge >= 0.3 is 0 Å². The Morgan fingerprint density at radius 1 is 1.20 bits per heavy atom. The summed E-state index contributed by atoms with van der Waals surface area (Å²) in [6.45, 7) is 6.99. The maximum Gasteiger partial charge on any atom is 0.246 e. The average Bonchev–Trinajstić information content (AvgIpc) is 3.56. The summed E-state index contributed by atoms with van der Waals surface area (Å²) < 4.78 is 6.58. The number of likely N-dealkylation sites (tertiary alicyclic amines) is 1. The van der Waals surface area contributed by atoms with Crippen LogP contribution in [0.1, 0.15) is 64.2 Å². The van der Waals surface area contributed by atoms with E-state index < -0.39 is 29.1 Å². The molecule has 2 N–H and O–H groups in total. The van der Waals surface area contributed by atoms with Crippen LogP contribution < -0.4 is 10.6 Å². The SMILES string of the molecule is CC(C)CCN1C(=O)[C@@H]2[C@H](C(=O)NCc3cccs3)[C@@]3(C)C=C[C@@]2(O3)[C@@H]1C(=O)NC1CCCCC1. The number of thiophene rings is 1. The van der Waals surface area contributed by atoms with Gasteiger partial charge in [-0.2, -0.15) is 0 Å². The number of hydrogen-bond acceptors (Lipinski definition) is 5. The van der Waals surface area contributed by atoms with Crippen molar-refractivity contribution in [2.75, 3.05) is 6.54 Å². The molecule has 5 atom stereocenters. The highest BCUT2D eigenvalue weighted by molar-refractivity contribution is 7.09. The molecule has 1 aromatic heterocycles. The Morgan fingerprint density at radius 3 is 2.66 bits per heavy atom. The van der Waals surface area contributed by atoms with Crippen LogP contribution in [-0.4, -0.2) is 52.5 Å². The third-order valence-corrected chi connectivity index (χ3v) is 9.12. The number of carbonyl (C=O) groups excluding carboxylic acids is 3. The van der Waals surface area contributed by atoms with Gasteiger partial charge in [0.05, 0.1) is 24.0 Å². The number of nitrogens with one attached hydrogen (secondary N) is 2. The lowest BCUT2D eigenvalue weighted by molar-refractivity contribution is -0.145. The minimum Gasteiger partial charge on any atom is -0.356 e. The maximum absolute atomic E-state index is 13.9. The minimum atomic E-state index is -1.10. The van der Waals surface area contributed by atoms with Crippen molar-refractivity contribution in [1.29, 1.82) is 0 Å². The molecule has 190 valence electrons. The van der Waals surface area contributed by atoms with Gasteiger partial charge in [0.1, 0.15) is 11.6 Å². The van der Waals surface area contributed by atoms with E-state index in [-0.39, 0.29) is 23.8 Å². The first-order valence-electron chi connectivity index (χ1n) is 13.1. The van der Waals surface area contributed by atoms with E-state index in [0.717, 1.165) is 37.0 Å². The summed E-state index contributed by atoms with van der Waals surface area (Å²) in [7, 11) is 0. The van der Waals surface area contributed by atoms with Crippen LogP contribution in [0.2, 0.25) is 0 Å². The molecule has 1 saturated carbocycles. The zero-order chi connectivity index (χ0) is 24.8. The summed E-state index contributed by atoms with van der Waals surface area (Å²) in [5.74, 6) is -1.46. The standard InChI is InChI=1S/C27H37N3O4S/c1-17(2)11-14-30-22(24(32)29-18-8-5-4-6-9-18)27-13-12-26(3,34-27)20(21(27)25(30)33)23(31)28-16-19-10-7-15-35-19/h7,10,12-13,15,17-18,20-22H,4-6,8-9,11,14,16H2,1-3H3,(H,28,31)(H,29,32)/t20-,21+,22+,26-,27+/m1/s1. The number of nitrogens with zero attached hydrogens (tertiary/aromatic N) is 1. The second-order valence-corrected chi connectivity index (χ2v) is 12.2. The Morgan fingerprint density at radius 2 is 1.97 bits per heavy atom. The Labute approximate surface area is 211 Å². The van der Waals surface area contributed by atoms with Crippen LogP contribution in [0, 0.1) is 17.8 Å². The number of rotatable bonds is 8. The molecule has 0 radical (unpaired) electrons. The fourth-order valence-electron chi connectivity index (χ4n) is 6.49. The molecule has 7 nitrogen and oxygen atoms in total. The summed E-state index contributed by atoms with van der Waals surface area (Å²) in [6, 6.07) is 3.31. The molecule has 1 aliphatic carbocycles. The number of carbonyl (C=O) groups is 3. The van der Waals surface area contributed by atoms with E-state index in [1.165, 1.54) is 6.42 Å². The largest absolute Gasteiger partial charge is 0.356 e. The lowest BCUT2D eigenvalue weighted by Crippen LogP contribution is -2.56. The van der Waals surface area contributed by atoms with Gasteiger partial charge in [-0.3, -0.25) is 14.4 Å². The fraction of sp³-hybridized carbons (Fsp3) is 0.667. The Balaban J connectivity index is 1.43. The van der Waals surface area contributed by atoms with E-state index in [4.69, 9.17) is 4.74 Å². The van der Waals surface area contributed by atoms with Crippen molar-refractivity contribution in [2.24, 2.45) is 17.8 Å². The second-order valence-electron chi connectivity index (χ2n) is 11.2. The van der Waals surface area contributed by atoms with Gasteiger partial charge in [-0.1, -0.05) is 51.3 Å². The van der Waals surface area contributed by atoms with Gasteiger partial charge in [-0.05, 0) is 43.6 Å². The molecule has 1 spiro atoms. The van der Waals surface area contributed by atoms with E-state index in [1.54, 1.807) is 16.2 Å². The monoisotopic (exact) mass is 499 g/mol. The van der Waals surface area contributed by atoms with Gasteiger partial charge < -0.3 is 20.3 Å². The molecule has 5 rings (SSSR count). The first-order valence-corrected chi connectivity index (χ1v) is 13.9. The van der Waals surface area contributed by atoms with Crippen LogP contribution in [0.3, 0.4) is 0 Å². The Hall–Kier alpha value is -2.19. The predicted octanol–water partition coefficient (Wildman–Crippen LogP) is 3.40. The third kappa shape index (κ3) is 4.22. The van der Waals surface area contributed by atoms with Gasteiger partial charge in [0, 0.05) is 17.5 Å². The van der Waals surface area contributed by atoms with Crippen molar-refractivity contribution in [3.05, 3.63) is 34.5 Å². The van der Waals surface area contributed by atoms with Crippen molar-refractivity contribution in [3.8, 4) is 0 Å². The quantitative estimate of drug-likeness (QED) is 0.537. The zero-order valence-electron chi connectivity index (χ0n) is 20.9. The Kier molecular flexibility index (Phi) is 6.55. The topological polar surface area (TPSA) is 87.7 Å². The molecule has 3 amide bonds. The first kappa shape index (κ1) is 24.5. The van der Waals surface area contributed by atoms with Crippen molar-refractivity contribution in [1.82, 2.24) is 15.5 Å². The van der Waals surface area contributed by atoms with Crippen LogP contribution >= 0.6 is 11.3 Å². The van der Waals surface area contributed by atoms with Gasteiger partial charge in [0.15, 0.2) is 0 Å². The Bertz CT molecular complexity index is 1000. The lowest BCUT2D eigenvalue weighted by Gasteiger charge is -2.35. The van der Waals surface area contributed by atoms with Crippen LogP contribution in [0.5, 0.6) is 0 Å². The summed E-state index contributed by atoms with van der Waals surface area (Å²) >= 11 is 1.58. The third-order valence-electron chi connectivity index (χ3n) is 8.24. The van der Waals surface area contributed by atoms with Crippen molar-refractivity contribution in [3.63, 3.8) is 0 Å². The molecule has 0 unspecified atom stereocenters. The maximum atomic E-state index is 13.9. The minimum absolute atomic E-state index is 0.136. The molecule has 2 bridgehead atoms. The number of ether oxygens (including phenoxy) is 1. The molecular formula is C27H37N3O4S. The first-order chi connectivity index (χ1) is 16.7. The summed E-state index contributed by atoms with van der Waals surface area (Å²) in [6.07, 6.45) is 9.96. The molecule has 0 aromatic carbocycles. The van der Waals surface area contributed by atoms with Gasteiger partial charge in [0.2, 0.25) is 17.7 Å². The number of amides is 3. The van der Waals surface area contributed by atoms with E-state index >= 15 is 0 Å². The molecule has 2 saturated heterocycles. The van der Waals surface area contributed by atoms with Gasteiger partial charge in [-0.25, -0.2) is 0 Å². The molecule has 3 fully saturated rings. The number of fused-ring (bicyclic) bond motifs is 1. The van der Waals surface area contributed by atoms with Gasteiger partial charge in [-0.15, -0.1) is 11.3 Å². The highest BCUT2D eigenvalue weighted by Gasteiger charge is 2.76. The molecule has 1 aromatic rings. The highest BCUT2D eigenvalue weighted by atomic mass is 32.1. The second kappa shape index (κ2) is 9.36. The normalized spacial score (nSPS) is 34.0. The predicted molar refractivity (Wildman–Crippen MR) is 134 cm³/mol. The molecule has 35 heavy (non-hydrogen) atoms. The molecule has 3 aliphatic heterocycles.